The van der Waals surface area contributed by atoms with Crippen LogP contribution in [0.15, 0.2) is 29.2 Å². The van der Waals surface area contributed by atoms with Gasteiger partial charge < -0.3 is 14.2 Å². The molecule has 0 radical (unpaired) electrons. The molecule has 0 spiro atoms. The summed E-state index contributed by atoms with van der Waals surface area (Å²) in [6.07, 6.45) is 3.36. The number of carbonyl (C=O) groups excluding carboxylic acids is 1. The first-order chi connectivity index (χ1) is 11.8. The van der Waals surface area contributed by atoms with E-state index in [1.807, 2.05) is 21.0 Å². The molecule has 0 aliphatic carbocycles. The van der Waals surface area contributed by atoms with E-state index in [2.05, 4.69) is 0 Å². The van der Waals surface area contributed by atoms with Gasteiger partial charge in [-0.25, -0.2) is 4.79 Å². The topological polar surface area (TPSA) is 94.7 Å². The number of nitro groups is 1. The molecule has 8 heteroatoms. The van der Waals surface area contributed by atoms with Crippen molar-refractivity contribution < 1.29 is 14.5 Å². The molecule has 1 aromatic carbocycles. The van der Waals surface area contributed by atoms with E-state index in [9.17, 15) is 19.7 Å². The number of rotatable bonds is 5. The fourth-order valence-electron chi connectivity index (χ4n) is 2.60. The van der Waals surface area contributed by atoms with Gasteiger partial charge in [-0.15, -0.1) is 0 Å². The molecule has 25 heavy (non-hydrogen) atoms. The summed E-state index contributed by atoms with van der Waals surface area (Å²) >= 11 is 0. The quantitative estimate of drug-likeness (QED) is 0.469. The second-order valence-electron chi connectivity index (χ2n) is 5.56. The lowest BCUT2D eigenvalue weighted by atomic mass is 10.1. The van der Waals surface area contributed by atoms with Crippen LogP contribution in [0.25, 0.3) is 17.0 Å². The summed E-state index contributed by atoms with van der Waals surface area (Å²) in [4.78, 5) is 37.3. The average molecular weight is 345 g/mol. The van der Waals surface area contributed by atoms with Crippen molar-refractivity contribution in [3.63, 3.8) is 0 Å². The maximum absolute atomic E-state index is 12.9. The molecule has 0 saturated heterocycles. The molecule has 0 saturated carbocycles. The summed E-state index contributed by atoms with van der Waals surface area (Å²) < 4.78 is 6.51. The number of nitrogens with zero attached hydrogens (tertiary/aromatic N) is 3. The number of aryl methyl sites for hydroxylation is 1. The summed E-state index contributed by atoms with van der Waals surface area (Å²) in [5.41, 5.74) is -0.0256. The number of esters is 1. The second kappa shape index (κ2) is 7.16. The Balaban J connectivity index is 2.98. The van der Waals surface area contributed by atoms with Crippen molar-refractivity contribution in [1.82, 2.24) is 9.47 Å². The maximum Gasteiger partial charge on any atom is 0.344 e. The van der Waals surface area contributed by atoms with E-state index >= 15 is 0 Å². The van der Waals surface area contributed by atoms with Crippen LogP contribution in [-0.2, 0) is 11.3 Å². The van der Waals surface area contributed by atoms with E-state index in [1.165, 1.54) is 25.3 Å². The first-order valence-electron chi connectivity index (χ1n) is 7.59. The van der Waals surface area contributed by atoms with Crippen molar-refractivity contribution in [1.29, 1.82) is 0 Å². The Hall–Kier alpha value is -3.16. The lowest BCUT2D eigenvalue weighted by Gasteiger charge is -2.17. The maximum atomic E-state index is 12.9. The summed E-state index contributed by atoms with van der Waals surface area (Å²) in [7, 11) is 4.81. The van der Waals surface area contributed by atoms with Gasteiger partial charge in [-0.05, 0) is 19.1 Å². The molecule has 0 aliphatic heterocycles. The third-order valence-corrected chi connectivity index (χ3v) is 3.74. The molecule has 2 rings (SSSR count). The van der Waals surface area contributed by atoms with Gasteiger partial charge in [0.05, 0.1) is 28.6 Å². The molecule has 8 nitrogen and oxygen atoms in total. The Morgan fingerprint density at radius 1 is 1.40 bits per heavy atom. The van der Waals surface area contributed by atoms with Crippen molar-refractivity contribution in [3.8, 4) is 0 Å². The van der Waals surface area contributed by atoms with Crippen LogP contribution in [0.5, 0.6) is 0 Å². The van der Waals surface area contributed by atoms with Crippen LogP contribution in [0.2, 0.25) is 0 Å². The number of hydrogen-bond donors (Lipinski definition) is 0. The third kappa shape index (κ3) is 3.37. The molecule has 0 amide bonds. The third-order valence-electron chi connectivity index (χ3n) is 3.74. The molecule has 0 unspecified atom stereocenters. The molecular weight excluding hydrogens is 326 g/mol. The summed E-state index contributed by atoms with van der Waals surface area (Å²) in [6, 6.07) is 4.05. The van der Waals surface area contributed by atoms with E-state index in [-0.39, 0.29) is 16.6 Å². The van der Waals surface area contributed by atoms with Crippen molar-refractivity contribution >= 4 is 28.6 Å². The molecule has 1 aromatic heterocycles. The van der Waals surface area contributed by atoms with Gasteiger partial charge in [0.1, 0.15) is 5.56 Å². The lowest BCUT2D eigenvalue weighted by molar-refractivity contribution is -0.384. The van der Waals surface area contributed by atoms with Crippen molar-refractivity contribution in [2.24, 2.45) is 0 Å². The van der Waals surface area contributed by atoms with Gasteiger partial charge in [0.15, 0.2) is 0 Å². The van der Waals surface area contributed by atoms with E-state index in [1.54, 1.807) is 21.7 Å². The highest BCUT2D eigenvalue weighted by Crippen LogP contribution is 2.23. The predicted molar refractivity (Wildman–Crippen MR) is 94.6 cm³/mol. The van der Waals surface area contributed by atoms with E-state index in [4.69, 9.17) is 4.74 Å². The molecular formula is C17H19N3O5. The summed E-state index contributed by atoms with van der Waals surface area (Å²) in [5, 5.41) is 11.1. The largest absolute Gasteiger partial charge is 0.465 e. The van der Waals surface area contributed by atoms with Crippen molar-refractivity contribution in [2.45, 2.75) is 13.5 Å². The zero-order valence-corrected chi connectivity index (χ0v) is 14.5. The fraction of sp³-hybridized carbons (Fsp3) is 0.294. The highest BCUT2D eigenvalue weighted by atomic mass is 16.6. The number of methoxy groups -OCH3 is 1. The van der Waals surface area contributed by atoms with Crippen molar-refractivity contribution in [2.75, 3.05) is 21.2 Å². The monoisotopic (exact) mass is 345 g/mol. The number of nitro benzene ring substituents is 1. The number of hydrogen-bond acceptors (Lipinski definition) is 6. The molecule has 0 N–H and O–H groups in total. The summed E-state index contributed by atoms with van der Waals surface area (Å²) in [5.74, 6) is -0.779. The predicted octanol–water partition coefficient (Wildman–Crippen LogP) is 2.25. The number of non-ortho nitro benzene ring substituents is 1. The minimum atomic E-state index is -0.779. The molecule has 0 bridgehead atoms. The molecule has 2 aromatic rings. The summed E-state index contributed by atoms with van der Waals surface area (Å²) in [6.45, 7) is 2.32. The number of carbonyl (C=O) groups is 1. The molecule has 0 aliphatic rings. The Labute approximate surface area is 144 Å². The van der Waals surface area contributed by atoms with Gasteiger partial charge in [0.25, 0.3) is 5.69 Å². The van der Waals surface area contributed by atoms with Crippen LogP contribution in [0.1, 0.15) is 23.0 Å². The highest BCUT2D eigenvalue weighted by Gasteiger charge is 2.22. The Kier molecular flexibility index (Phi) is 5.21. The molecule has 0 atom stereocenters. The number of aromatic nitrogens is 1. The van der Waals surface area contributed by atoms with Gasteiger partial charge in [-0.3, -0.25) is 14.9 Å². The van der Waals surface area contributed by atoms with Gasteiger partial charge in [-0.1, -0.05) is 0 Å². The Morgan fingerprint density at radius 3 is 2.60 bits per heavy atom. The smallest absolute Gasteiger partial charge is 0.344 e. The van der Waals surface area contributed by atoms with Crippen molar-refractivity contribution in [3.05, 3.63) is 56.0 Å². The fourth-order valence-corrected chi connectivity index (χ4v) is 2.60. The highest BCUT2D eigenvalue weighted by molar-refractivity contribution is 5.98. The number of benzene rings is 1. The van der Waals surface area contributed by atoms with Crippen LogP contribution < -0.4 is 5.43 Å². The second-order valence-corrected chi connectivity index (χ2v) is 5.56. The zero-order chi connectivity index (χ0) is 18.7. The molecule has 132 valence electrons. The van der Waals surface area contributed by atoms with Gasteiger partial charge in [0.2, 0.25) is 5.43 Å². The standard InChI is InChI=1S/C17H19N3O5/c1-5-19-13-7-6-11(20(23)24)10-12(13)16(21)15(17(22)25-4)14(19)8-9-18(2)3/h6-10H,5H2,1-4H3. The van der Waals surface area contributed by atoms with Crippen LogP contribution in [-0.4, -0.2) is 41.6 Å². The van der Waals surface area contributed by atoms with Gasteiger partial charge >= 0.3 is 5.97 Å². The minimum Gasteiger partial charge on any atom is -0.465 e. The average Bonchev–Trinajstić information content (AvgIpc) is 2.58. The molecule has 0 fully saturated rings. The number of pyridine rings is 1. The first-order valence-corrected chi connectivity index (χ1v) is 7.59. The Bertz CT molecular complexity index is 928. The minimum absolute atomic E-state index is 0.110. The van der Waals surface area contributed by atoms with Crippen LogP contribution in [0, 0.1) is 10.1 Å². The van der Waals surface area contributed by atoms with E-state index < -0.39 is 16.3 Å². The van der Waals surface area contributed by atoms with E-state index in [0.29, 0.717) is 17.8 Å². The zero-order valence-electron chi connectivity index (χ0n) is 14.5. The Morgan fingerprint density at radius 2 is 2.08 bits per heavy atom. The van der Waals surface area contributed by atoms with Gasteiger partial charge in [-0.2, -0.15) is 0 Å². The molecule has 1 heterocycles. The SMILES string of the molecule is CCn1c(C=CN(C)C)c(C(=O)OC)c(=O)c2cc([N+](=O)[O-])ccc21. The van der Waals surface area contributed by atoms with E-state index in [0.717, 1.165) is 0 Å². The lowest BCUT2D eigenvalue weighted by Crippen LogP contribution is -2.23. The van der Waals surface area contributed by atoms with Crippen LogP contribution >= 0.6 is 0 Å². The first kappa shape index (κ1) is 18.2. The number of fused-ring (bicyclic) bond motifs is 1. The normalized spacial score (nSPS) is 11.0. The van der Waals surface area contributed by atoms with Gasteiger partial charge in [0, 0.05) is 39.0 Å². The number of ether oxygens (including phenoxy) is 1. The van der Waals surface area contributed by atoms with Crippen LogP contribution in [0.4, 0.5) is 5.69 Å². The van der Waals surface area contributed by atoms with Crippen LogP contribution in [0.3, 0.4) is 0 Å².